The second kappa shape index (κ2) is 8.20. The first kappa shape index (κ1) is 20.0. The normalized spacial score (nSPS) is 14.5. The van der Waals surface area contributed by atoms with Crippen molar-refractivity contribution in [1.82, 2.24) is 0 Å². The third-order valence-electron chi connectivity index (χ3n) is 2.94. The van der Waals surface area contributed by atoms with Gasteiger partial charge in [0, 0.05) is 17.1 Å². The topological polar surface area (TPSA) is 26.3 Å². The highest BCUT2D eigenvalue weighted by molar-refractivity contribution is 8.14. The smallest absolute Gasteiger partial charge is 0.241 e. The first-order chi connectivity index (χ1) is 10.5. The molecule has 0 spiro atoms. The second-order valence-corrected chi connectivity index (χ2v) is 14.1. The molecule has 0 N–H and O–H groups in total. The van der Waals surface area contributed by atoms with Gasteiger partial charge in [0.05, 0.1) is 5.76 Å². The van der Waals surface area contributed by atoms with Crippen molar-refractivity contribution >= 4 is 25.2 Å². The van der Waals surface area contributed by atoms with Crippen LogP contribution in [0.3, 0.4) is 0 Å². The van der Waals surface area contributed by atoms with E-state index in [0.717, 1.165) is 11.3 Å². The van der Waals surface area contributed by atoms with Crippen LogP contribution >= 0.6 is 11.8 Å². The summed E-state index contributed by atoms with van der Waals surface area (Å²) < 4.78 is 6.00. The van der Waals surface area contributed by atoms with Gasteiger partial charge in [0.1, 0.15) is 0 Å². The largest absolute Gasteiger partial charge is 0.548 e. The van der Waals surface area contributed by atoms with Crippen LogP contribution in [-0.2, 0) is 9.22 Å². The molecule has 4 heteroatoms. The van der Waals surface area contributed by atoms with Crippen LogP contribution in [0, 0.1) is 0 Å². The van der Waals surface area contributed by atoms with Crippen LogP contribution in [0.2, 0.25) is 19.6 Å². The lowest BCUT2D eigenvalue weighted by atomic mass is 9.95. The molecule has 0 aliphatic rings. The maximum atomic E-state index is 12.4. The summed E-state index contributed by atoms with van der Waals surface area (Å²) in [6.07, 6.45) is 2.60. The average Bonchev–Trinajstić information content (AvgIpc) is 2.34. The number of hydrogen-bond acceptors (Lipinski definition) is 3. The molecule has 1 atom stereocenters. The Morgan fingerprint density at radius 1 is 1.22 bits per heavy atom. The predicted molar refractivity (Wildman–Crippen MR) is 104 cm³/mol. The minimum atomic E-state index is -1.62. The van der Waals surface area contributed by atoms with E-state index in [1.165, 1.54) is 11.8 Å². The van der Waals surface area contributed by atoms with E-state index in [-0.39, 0.29) is 15.8 Å². The number of carbonyl (C=O) groups excluding carboxylic acids is 1. The van der Waals surface area contributed by atoms with Crippen molar-refractivity contribution in [3.8, 4) is 0 Å². The van der Waals surface area contributed by atoms with Crippen molar-refractivity contribution < 1.29 is 9.22 Å². The fourth-order valence-corrected chi connectivity index (χ4v) is 4.32. The summed E-state index contributed by atoms with van der Waals surface area (Å²) in [4.78, 5) is 12.4. The molecule has 1 aromatic rings. The number of benzene rings is 1. The molecule has 0 saturated carbocycles. The molecule has 1 aromatic carbocycles. The van der Waals surface area contributed by atoms with Crippen LogP contribution in [0.25, 0.3) is 0 Å². The molecule has 0 heterocycles. The molecular weight excluding hydrogens is 320 g/mol. The molecular formula is C19H30O2SSi. The van der Waals surface area contributed by atoms with Gasteiger partial charge >= 0.3 is 0 Å². The molecule has 23 heavy (non-hydrogen) atoms. The molecule has 0 unspecified atom stereocenters. The van der Waals surface area contributed by atoms with Crippen molar-refractivity contribution in [2.45, 2.75) is 64.4 Å². The van der Waals surface area contributed by atoms with E-state index in [4.69, 9.17) is 4.43 Å². The molecule has 0 bridgehead atoms. The zero-order valence-electron chi connectivity index (χ0n) is 15.5. The van der Waals surface area contributed by atoms with Crippen LogP contribution in [0.15, 0.2) is 42.2 Å². The van der Waals surface area contributed by atoms with Crippen LogP contribution < -0.4 is 0 Å². The second-order valence-electron chi connectivity index (χ2n) is 7.80. The highest BCUT2D eigenvalue weighted by atomic mass is 32.2. The summed E-state index contributed by atoms with van der Waals surface area (Å²) in [5.74, 6) is 0.987. The summed E-state index contributed by atoms with van der Waals surface area (Å²) in [6, 6.07) is 10.2. The van der Waals surface area contributed by atoms with Crippen molar-refractivity contribution in [1.29, 1.82) is 0 Å². The Hall–Kier alpha value is -1.00. The number of hydrogen-bond donors (Lipinski definition) is 0. The van der Waals surface area contributed by atoms with Gasteiger partial charge in [-0.25, -0.2) is 0 Å². The Labute approximate surface area is 146 Å². The van der Waals surface area contributed by atoms with E-state index in [1.807, 2.05) is 25.1 Å². The third-order valence-corrected chi connectivity index (χ3v) is 4.88. The van der Waals surface area contributed by atoms with E-state index >= 15 is 0 Å². The highest BCUT2D eigenvalue weighted by Crippen LogP contribution is 2.31. The van der Waals surface area contributed by atoms with Gasteiger partial charge in [-0.15, -0.1) is 0 Å². The lowest BCUT2D eigenvalue weighted by Crippen LogP contribution is -2.24. The van der Waals surface area contributed by atoms with Crippen molar-refractivity contribution in [2.75, 3.05) is 0 Å². The summed E-state index contributed by atoms with van der Waals surface area (Å²) in [7, 11) is -1.62. The SMILES string of the molecule is C/C(=C\[C@@H](CC(=O)SC(C)(C)C)c1ccccc1)O[Si](C)(C)C. The minimum absolute atomic E-state index is 0.0497. The Morgan fingerprint density at radius 3 is 2.26 bits per heavy atom. The summed E-state index contributed by atoms with van der Waals surface area (Å²) >= 11 is 1.42. The van der Waals surface area contributed by atoms with Crippen LogP contribution in [0.1, 0.15) is 45.6 Å². The van der Waals surface area contributed by atoms with E-state index in [0.29, 0.717) is 6.42 Å². The first-order valence-electron chi connectivity index (χ1n) is 8.10. The van der Waals surface area contributed by atoms with Gasteiger partial charge in [-0.05, 0) is 38.2 Å². The third kappa shape index (κ3) is 9.01. The van der Waals surface area contributed by atoms with Gasteiger partial charge in [-0.2, -0.15) is 0 Å². The van der Waals surface area contributed by atoms with Crippen LogP contribution in [-0.4, -0.2) is 18.2 Å². The predicted octanol–water partition coefficient (Wildman–Crippen LogP) is 5.97. The van der Waals surface area contributed by atoms with Gasteiger partial charge in [0.2, 0.25) is 8.32 Å². The fraction of sp³-hybridized carbons (Fsp3) is 0.526. The standard InChI is InChI=1S/C19H30O2SSi/c1-15(21-23(5,6)7)13-17(16-11-9-8-10-12-16)14-18(20)22-19(2,3)4/h8-13,17H,14H2,1-7H3/b15-13+/t17-/m0/s1. The number of allylic oxidation sites excluding steroid dienone is 2. The Bertz CT molecular complexity index is 539. The summed E-state index contributed by atoms with van der Waals surface area (Å²) in [6.45, 7) is 14.7. The molecule has 128 valence electrons. The molecule has 0 fully saturated rings. The number of thioether (sulfide) groups is 1. The average molecular weight is 351 g/mol. The van der Waals surface area contributed by atoms with Gasteiger partial charge in [0.15, 0.2) is 5.12 Å². The molecule has 1 rings (SSSR count). The Kier molecular flexibility index (Phi) is 7.15. The first-order valence-corrected chi connectivity index (χ1v) is 12.3. The van der Waals surface area contributed by atoms with Gasteiger partial charge < -0.3 is 4.43 Å². The lowest BCUT2D eigenvalue weighted by Gasteiger charge is -2.22. The van der Waals surface area contributed by atoms with Crippen molar-refractivity contribution in [3.05, 3.63) is 47.7 Å². The molecule has 2 nitrogen and oxygen atoms in total. The Morgan fingerprint density at radius 2 is 1.78 bits per heavy atom. The van der Waals surface area contributed by atoms with Crippen LogP contribution in [0.4, 0.5) is 0 Å². The highest BCUT2D eigenvalue weighted by Gasteiger charge is 2.22. The minimum Gasteiger partial charge on any atom is -0.548 e. The quantitative estimate of drug-likeness (QED) is 0.467. The van der Waals surface area contributed by atoms with Gasteiger partial charge in [-0.3, -0.25) is 4.79 Å². The maximum absolute atomic E-state index is 12.4. The van der Waals surface area contributed by atoms with Crippen molar-refractivity contribution in [3.63, 3.8) is 0 Å². The zero-order valence-corrected chi connectivity index (χ0v) is 17.3. The number of rotatable bonds is 6. The molecule has 0 aromatic heterocycles. The molecule has 0 radical (unpaired) electrons. The summed E-state index contributed by atoms with van der Waals surface area (Å²) in [5, 5.41) is 0.225. The lowest BCUT2D eigenvalue weighted by molar-refractivity contribution is -0.111. The number of carbonyl (C=O) groups is 1. The van der Waals surface area contributed by atoms with E-state index < -0.39 is 8.32 Å². The van der Waals surface area contributed by atoms with E-state index in [1.54, 1.807) is 0 Å². The summed E-state index contributed by atoms with van der Waals surface area (Å²) in [5.41, 5.74) is 1.16. The molecule has 0 saturated heterocycles. The van der Waals surface area contributed by atoms with E-state index in [9.17, 15) is 4.79 Å². The molecule has 0 amide bonds. The Balaban J connectivity index is 2.95. The fourth-order valence-electron chi connectivity index (χ4n) is 2.34. The van der Waals surface area contributed by atoms with Crippen molar-refractivity contribution in [2.24, 2.45) is 0 Å². The zero-order chi connectivity index (χ0) is 17.7. The van der Waals surface area contributed by atoms with Crippen LogP contribution in [0.5, 0.6) is 0 Å². The van der Waals surface area contributed by atoms with Gasteiger partial charge in [-0.1, -0.05) is 62.9 Å². The maximum Gasteiger partial charge on any atom is 0.241 e. The van der Waals surface area contributed by atoms with Gasteiger partial charge in [0.25, 0.3) is 0 Å². The van der Waals surface area contributed by atoms with E-state index in [2.05, 4.69) is 58.6 Å². The monoisotopic (exact) mass is 350 g/mol. The molecule has 0 aliphatic carbocycles. The molecule has 0 aliphatic heterocycles.